The van der Waals surface area contributed by atoms with Gasteiger partial charge in [-0.1, -0.05) is 23.4 Å². The first kappa shape index (κ1) is 20.3. The van der Waals surface area contributed by atoms with Crippen molar-refractivity contribution < 1.29 is 18.7 Å². The summed E-state index contributed by atoms with van der Waals surface area (Å²) < 4.78 is 24.5. The lowest BCUT2D eigenvalue weighted by Gasteiger charge is -2.19. The maximum absolute atomic E-state index is 13.9. The third-order valence-corrected chi connectivity index (χ3v) is 3.37. The lowest BCUT2D eigenvalue weighted by Crippen LogP contribution is -2.27. The molecule has 6 heteroatoms. The molecule has 0 N–H and O–H groups in total. The van der Waals surface area contributed by atoms with Gasteiger partial charge in [0.05, 0.1) is 22.8 Å². The first-order chi connectivity index (χ1) is 12.7. The second-order valence-corrected chi connectivity index (χ2v) is 7.01. The molecule has 0 aliphatic carbocycles. The molecule has 0 aliphatic heterocycles. The summed E-state index contributed by atoms with van der Waals surface area (Å²) in [6, 6.07) is 10.5. The zero-order valence-electron chi connectivity index (χ0n) is 15.1. The van der Waals surface area contributed by atoms with Crippen molar-refractivity contribution in [3.63, 3.8) is 0 Å². The van der Waals surface area contributed by atoms with Crippen molar-refractivity contribution in [1.29, 1.82) is 5.26 Å². The summed E-state index contributed by atoms with van der Waals surface area (Å²) in [4.78, 5) is 11.8. The highest BCUT2D eigenvalue weighted by atomic mass is 35.5. The molecule has 0 bridgehead atoms. The molecular formula is C21H17ClFNO3. The number of carbonyl (C=O) groups is 1. The lowest BCUT2D eigenvalue weighted by atomic mass is 10.1. The highest BCUT2D eigenvalue weighted by Crippen LogP contribution is 2.23. The van der Waals surface area contributed by atoms with Gasteiger partial charge in [0, 0.05) is 5.02 Å². The van der Waals surface area contributed by atoms with Gasteiger partial charge in [0.1, 0.15) is 17.2 Å². The Morgan fingerprint density at radius 2 is 1.85 bits per heavy atom. The zero-order chi connectivity index (χ0) is 20.0. The van der Waals surface area contributed by atoms with Crippen LogP contribution < -0.4 is 4.74 Å². The van der Waals surface area contributed by atoms with Crippen LogP contribution in [-0.2, 0) is 9.53 Å². The highest BCUT2D eigenvalue weighted by Gasteiger charge is 2.17. The predicted octanol–water partition coefficient (Wildman–Crippen LogP) is 4.47. The van der Waals surface area contributed by atoms with E-state index in [0.29, 0.717) is 21.9 Å². The molecule has 0 unspecified atom stereocenters. The summed E-state index contributed by atoms with van der Waals surface area (Å²) in [6.45, 7) is 4.97. The van der Waals surface area contributed by atoms with E-state index in [-0.39, 0.29) is 12.2 Å². The van der Waals surface area contributed by atoms with Crippen LogP contribution in [0.15, 0.2) is 36.4 Å². The van der Waals surface area contributed by atoms with Gasteiger partial charge in [0.15, 0.2) is 6.61 Å². The van der Waals surface area contributed by atoms with Crippen LogP contribution in [-0.4, -0.2) is 18.2 Å². The molecule has 0 atom stereocenters. The topological polar surface area (TPSA) is 59.3 Å². The molecule has 27 heavy (non-hydrogen) atoms. The molecule has 2 aromatic carbocycles. The summed E-state index contributed by atoms with van der Waals surface area (Å²) >= 11 is 6.00. The van der Waals surface area contributed by atoms with Crippen LogP contribution >= 0.6 is 11.6 Å². The van der Waals surface area contributed by atoms with Gasteiger partial charge < -0.3 is 9.47 Å². The summed E-state index contributed by atoms with van der Waals surface area (Å²) in [5.41, 5.74) is 0.139. The van der Waals surface area contributed by atoms with Gasteiger partial charge in [-0.05, 0) is 57.2 Å². The Morgan fingerprint density at radius 3 is 2.52 bits per heavy atom. The van der Waals surface area contributed by atoms with Gasteiger partial charge >= 0.3 is 5.97 Å². The summed E-state index contributed by atoms with van der Waals surface area (Å²) in [7, 11) is 0. The number of nitriles is 1. The minimum Gasteiger partial charge on any atom is -0.481 e. The predicted molar refractivity (Wildman–Crippen MR) is 99.9 cm³/mol. The number of nitrogens with zero attached hydrogens (tertiary/aromatic N) is 1. The van der Waals surface area contributed by atoms with E-state index in [4.69, 9.17) is 26.3 Å². The summed E-state index contributed by atoms with van der Waals surface area (Å²) in [5.74, 6) is 4.69. The van der Waals surface area contributed by atoms with Gasteiger partial charge in [-0.2, -0.15) is 5.26 Å². The second kappa shape index (κ2) is 8.58. The number of ether oxygens (including phenoxy) is 2. The van der Waals surface area contributed by atoms with E-state index >= 15 is 0 Å². The number of hydrogen-bond donors (Lipinski definition) is 0. The van der Waals surface area contributed by atoms with Crippen molar-refractivity contribution in [2.75, 3.05) is 6.61 Å². The normalized spacial score (nSPS) is 10.4. The Hall–Kier alpha value is -3.02. The van der Waals surface area contributed by atoms with Crippen molar-refractivity contribution in [1.82, 2.24) is 0 Å². The number of rotatable bonds is 3. The minimum absolute atomic E-state index is 0.0760. The summed E-state index contributed by atoms with van der Waals surface area (Å²) in [6.07, 6.45) is 0. The fourth-order valence-corrected chi connectivity index (χ4v) is 2.23. The molecule has 0 spiro atoms. The Morgan fingerprint density at radius 1 is 1.15 bits per heavy atom. The Bertz CT molecular complexity index is 962. The van der Waals surface area contributed by atoms with Gasteiger partial charge in [-0.15, -0.1) is 0 Å². The van der Waals surface area contributed by atoms with Gasteiger partial charge in [-0.25, -0.2) is 9.18 Å². The van der Waals surface area contributed by atoms with Crippen molar-refractivity contribution in [2.45, 2.75) is 26.4 Å². The molecule has 0 saturated heterocycles. The Balaban J connectivity index is 2.25. The molecule has 0 aliphatic rings. The minimum atomic E-state index is -0.619. The number of benzene rings is 2. The van der Waals surface area contributed by atoms with Crippen molar-refractivity contribution in [2.24, 2.45) is 0 Å². The molecule has 0 fully saturated rings. The van der Waals surface area contributed by atoms with Crippen molar-refractivity contribution in [3.8, 4) is 23.7 Å². The number of halogens is 2. The maximum atomic E-state index is 13.9. The molecule has 0 radical (unpaired) electrons. The van der Waals surface area contributed by atoms with Crippen LogP contribution in [0.1, 0.15) is 37.5 Å². The molecule has 4 nitrogen and oxygen atoms in total. The SMILES string of the molecule is CC(C)(C)OC(=O)COc1ccc(Cl)cc1C#Cc1cc(C#N)ccc1F. The smallest absolute Gasteiger partial charge is 0.344 e. The van der Waals surface area contributed by atoms with E-state index in [1.165, 1.54) is 18.2 Å². The van der Waals surface area contributed by atoms with Crippen LogP contribution in [0.5, 0.6) is 5.75 Å². The highest BCUT2D eigenvalue weighted by molar-refractivity contribution is 6.30. The first-order valence-electron chi connectivity index (χ1n) is 8.04. The van der Waals surface area contributed by atoms with Crippen LogP contribution in [0.2, 0.25) is 5.02 Å². The van der Waals surface area contributed by atoms with Crippen LogP contribution in [0, 0.1) is 29.0 Å². The van der Waals surface area contributed by atoms with E-state index in [9.17, 15) is 9.18 Å². The van der Waals surface area contributed by atoms with Crippen molar-refractivity contribution in [3.05, 3.63) is 63.9 Å². The van der Waals surface area contributed by atoms with Crippen LogP contribution in [0.4, 0.5) is 4.39 Å². The van der Waals surface area contributed by atoms with Gasteiger partial charge in [0.2, 0.25) is 0 Å². The van der Waals surface area contributed by atoms with Crippen LogP contribution in [0.25, 0.3) is 0 Å². The molecule has 2 aromatic rings. The van der Waals surface area contributed by atoms with E-state index < -0.39 is 17.4 Å². The Labute approximate surface area is 162 Å². The maximum Gasteiger partial charge on any atom is 0.344 e. The molecular weight excluding hydrogens is 369 g/mol. The third kappa shape index (κ3) is 6.33. The monoisotopic (exact) mass is 385 g/mol. The average Bonchev–Trinajstić information content (AvgIpc) is 2.58. The molecule has 0 saturated carbocycles. The van der Waals surface area contributed by atoms with Gasteiger partial charge in [0.25, 0.3) is 0 Å². The van der Waals surface area contributed by atoms with E-state index in [1.807, 2.05) is 6.07 Å². The number of carbonyl (C=O) groups excluding carboxylic acids is 1. The first-order valence-corrected chi connectivity index (χ1v) is 8.41. The largest absolute Gasteiger partial charge is 0.481 e. The molecule has 2 rings (SSSR count). The van der Waals surface area contributed by atoms with E-state index in [2.05, 4.69) is 11.8 Å². The summed E-state index contributed by atoms with van der Waals surface area (Å²) in [5, 5.41) is 9.33. The Kier molecular flexibility index (Phi) is 6.45. The standard InChI is InChI=1S/C21H17ClFNO3/c1-21(2,3)27-20(25)13-26-19-9-7-17(22)11-16(19)6-5-15-10-14(12-24)4-8-18(15)23/h4,7-11H,13H2,1-3H3. The molecule has 0 aromatic heterocycles. The quantitative estimate of drug-likeness (QED) is 0.577. The molecule has 0 heterocycles. The van der Waals surface area contributed by atoms with Crippen LogP contribution in [0.3, 0.4) is 0 Å². The van der Waals surface area contributed by atoms with Gasteiger partial charge in [-0.3, -0.25) is 0 Å². The number of hydrogen-bond acceptors (Lipinski definition) is 4. The third-order valence-electron chi connectivity index (χ3n) is 3.13. The fourth-order valence-electron chi connectivity index (χ4n) is 2.06. The average molecular weight is 386 g/mol. The number of esters is 1. The second-order valence-electron chi connectivity index (χ2n) is 6.57. The lowest BCUT2D eigenvalue weighted by molar-refractivity contribution is -0.157. The zero-order valence-corrected chi connectivity index (χ0v) is 15.9. The molecule has 138 valence electrons. The van der Waals surface area contributed by atoms with E-state index in [1.54, 1.807) is 39.0 Å². The van der Waals surface area contributed by atoms with E-state index in [0.717, 1.165) is 0 Å². The molecule has 0 amide bonds. The van der Waals surface area contributed by atoms with Crippen molar-refractivity contribution >= 4 is 17.6 Å². The fraction of sp³-hybridized carbons (Fsp3) is 0.238.